The number of fused-ring (bicyclic) bond motifs is 1. The van der Waals surface area contributed by atoms with Crippen LogP contribution in [0.3, 0.4) is 0 Å². The monoisotopic (exact) mass is 274 g/mol. The van der Waals surface area contributed by atoms with Gasteiger partial charge in [-0.1, -0.05) is 0 Å². The van der Waals surface area contributed by atoms with Crippen LogP contribution >= 0.6 is 0 Å². The van der Waals surface area contributed by atoms with Gasteiger partial charge in [0.05, 0.1) is 5.56 Å². The lowest BCUT2D eigenvalue weighted by Gasteiger charge is -2.37. The molecule has 0 saturated heterocycles. The standard InChI is InChI=1S/C12H13F3N2O2/c1-17-5-4-11(16,10(18)19)8-6-7(12(13,14)15)2-3-9(8)17/h2-3,6H,4-5,16H2,1H3,(H,18,19). The highest BCUT2D eigenvalue weighted by atomic mass is 19.4. The Morgan fingerprint density at radius 1 is 1.47 bits per heavy atom. The molecule has 0 aromatic heterocycles. The highest BCUT2D eigenvalue weighted by Gasteiger charge is 2.43. The van der Waals surface area contributed by atoms with Crippen LogP contribution in [0.4, 0.5) is 18.9 Å². The Balaban J connectivity index is 2.64. The zero-order valence-corrected chi connectivity index (χ0v) is 10.2. The highest BCUT2D eigenvalue weighted by molar-refractivity contribution is 5.84. The number of benzene rings is 1. The van der Waals surface area contributed by atoms with Crippen molar-refractivity contribution in [2.24, 2.45) is 5.73 Å². The Kier molecular flexibility index (Phi) is 2.97. The van der Waals surface area contributed by atoms with Crippen molar-refractivity contribution in [1.29, 1.82) is 0 Å². The zero-order valence-electron chi connectivity index (χ0n) is 10.2. The van der Waals surface area contributed by atoms with Crippen molar-refractivity contribution in [3.63, 3.8) is 0 Å². The Morgan fingerprint density at radius 3 is 2.63 bits per heavy atom. The molecule has 7 heteroatoms. The third-order valence-corrected chi connectivity index (χ3v) is 3.44. The molecule has 0 fully saturated rings. The van der Waals surface area contributed by atoms with Gasteiger partial charge in [-0.05, 0) is 24.6 Å². The van der Waals surface area contributed by atoms with Gasteiger partial charge in [0.25, 0.3) is 0 Å². The van der Waals surface area contributed by atoms with Crippen LogP contribution < -0.4 is 10.6 Å². The summed E-state index contributed by atoms with van der Waals surface area (Å²) in [6.45, 7) is 0.376. The second-order valence-electron chi connectivity index (χ2n) is 4.68. The van der Waals surface area contributed by atoms with Crippen molar-refractivity contribution >= 4 is 11.7 Å². The number of halogens is 3. The van der Waals surface area contributed by atoms with E-state index >= 15 is 0 Å². The number of carboxylic acids is 1. The molecule has 1 aromatic carbocycles. The SMILES string of the molecule is CN1CCC(N)(C(=O)O)c2cc(C(F)(F)F)ccc21. The van der Waals surface area contributed by atoms with Crippen molar-refractivity contribution < 1.29 is 23.1 Å². The third-order valence-electron chi connectivity index (χ3n) is 3.44. The molecule has 1 aromatic rings. The lowest BCUT2D eigenvalue weighted by molar-refractivity contribution is -0.144. The average Bonchev–Trinajstić information content (AvgIpc) is 2.32. The number of carbonyl (C=O) groups is 1. The van der Waals surface area contributed by atoms with Gasteiger partial charge < -0.3 is 15.7 Å². The summed E-state index contributed by atoms with van der Waals surface area (Å²) in [5.41, 5.74) is 3.55. The number of aliphatic carboxylic acids is 1. The van der Waals surface area contributed by atoms with Crippen molar-refractivity contribution in [3.05, 3.63) is 29.3 Å². The maximum atomic E-state index is 12.7. The molecule has 0 radical (unpaired) electrons. The molecule has 1 atom stereocenters. The largest absolute Gasteiger partial charge is 0.480 e. The van der Waals surface area contributed by atoms with E-state index in [9.17, 15) is 23.1 Å². The first-order valence-electron chi connectivity index (χ1n) is 5.61. The number of carboxylic acid groups (broad SMARTS) is 1. The van der Waals surface area contributed by atoms with Gasteiger partial charge in [-0.2, -0.15) is 13.2 Å². The summed E-state index contributed by atoms with van der Waals surface area (Å²) >= 11 is 0. The molecule has 19 heavy (non-hydrogen) atoms. The summed E-state index contributed by atoms with van der Waals surface area (Å²) in [5, 5.41) is 9.20. The molecule has 1 aliphatic rings. The molecule has 1 unspecified atom stereocenters. The fourth-order valence-corrected chi connectivity index (χ4v) is 2.22. The van der Waals surface area contributed by atoms with Crippen molar-refractivity contribution in [2.75, 3.05) is 18.5 Å². The topological polar surface area (TPSA) is 66.6 Å². The molecule has 104 valence electrons. The van der Waals surface area contributed by atoms with Crippen LogP contribution in [0.5, 0.6) is 0 Å². The lowest BCUT2D eigenvalue weighted by atomic mass is 9.82. The van der Waals surface area contributed by atoms with E-state index in [0.717, 1.165) is 12.1 Å². The van der Waals surface area contributed by atoms with Gasteiger partial charge in [0.2, 0.25) is 0 Å². The second-order valence-corrected chi connectivity index (χ2v) is 4.68. The molecular formula is C12H13F3N2O2. The van der Waals surface area contributed by atoms with E-state index in [1.165, 1.54) is 6.07 Å². The third kappa shape index (κ3) is 2.14. The highest BCUT2D eigenvalue weighted by Crippen LogP contribution is 2.40. The van der Waals surface area contributed by atoms with Gasteiger partial charge in [-0.3, -0.25) is 0 Å². The predicted molar refractivity (Wildman–Crippen MR) is 62.8 cm³/mol. The lowest BCUT2D eigenvalue weighted by Crippen LogP contribution is -2.51. The molecule has 0 spiro atoms. The van der Waals surface area contributed by atoms with Gasteiger partial charge in [0, 0.05) is 24.8 Å². The zero-order chi connectivity index (χ0) is 14.4. The first-order valence-corrected chi connectivity index (χ1v) is 5.61. The number of nitrogens with two attached hydrogens (primary N) is 1. The molecule has 1 heterocycles. The van der Waals surface area contributed by atoms with Gasteiger partial charge in [0.1, 0.15) is 5.54 Å². The minimum atomic E-state index is -4.52. The molecule has 1 aliphatic heterocycles. The first kappa shape index (κ1) is 13.7. The van der Waals surface area contributed by atoms with E-state index in [-0.39, 0.29) is 12.0 Å². The minimum Gasteiger partial charge on any atom is -0.480 e. The van der Waals surface area contributed by atoms with Crippen LogP contribution in [0.15, 0.2) is 18.2 Å². The van der Waals surface area contributed by atoms with Crippen LogP contribution in [-0.2, 0) is 16.5 Å². The molecule has 0 saturated carbocycles. The smallest absolute Gasteiger partial charge is 0.416 e. The maximum absolute atomic E-state index is 12.7. The summed E-state index contributed by atoms with van der Waals surface area (Å²) in [5.74, 6) is -1.32. The molecule has 0 aliphatic carbocycles. The van der Waals surface area contributed by atoms with E-state index in [2.05, 4.69) is 0 Å². The Labute approximate surface area is 107 Å². The van der Waals surface area contributed by atoms with Crippen LogP contribution in [0.1, 0.15) is 17.5 Å². The molecule has 0 amide bonds. The molecule has 0 bridgehead atoms. The Bertz CT molecular complexity index is 530. The fourth-order valence-electron chi connectivity index (χ4n) is 2.22. The van der Waals surface area contributed by atoms with Crippen molar-refractivity contribution in [2.45, 2.75) is 18.1 Å². The number of hydrogen-bond acceptors (Lipinski definition) is 3. The summed E-state index contributed by atoms with van der Waals surface area (Å²) in [4.78, 5) is 13.0. The minimum absolute atomic E-state index is 0.00331. The summed E-state index contributed by atoms with van der Waals surface area (Å²) in [6.07, 6.45) is -4.46. The van der Waals surface area contributed by atoms with E-state index in [1.54, 1.807) is 11.9 Å². The molecule has 3 N–H and O–H groups in total. The van der Waals surface area contributed by atoms with E-state index in [1.807, 2.05) is 0 Å². The first-order chi connectivity index (χ1) is 8.66. The Morgan fingerprint density at radius 2 is 2.11 bits per heavy atom. The predicted octanol–water partition coefficient (Wildman–Crippen LogP) is 1.78. The normalized spacial score (nSPS) is 23.1. The van der Waals surface area contributed by atoms with E-state index < -0.39 is 23.2 Å². The van der Waals surface area contributed by atoms with Gasteiger partial charge in [-0.25, -0.2) is 4.79 Å². The summed E-state index contributed by atoms with van der Waals surface area (Å²) in [7, 11) is 1.69. The summed E-state index contributed by atoms with van der Waals surface area (Å²) in [6, 6.07) is 3.03. The molecular weight excluding hydrogens is 261 g/mol. The average molecular weight is 274 g/mol. The number of rotatable bonds is 1. The van der Waals surface area contributed by atoms with Crippen LogP contribution in [0, 0.1) is 0 Å². The van der Waals surface area contributed by atoms with Gasteiger partial charge >= 0.3 is 12.1 Å². The summed E-state index contributed by atoms with van der Waals surface area (Å²) < 4.78 is 38.1. The molecule has 4 nitrogen and oxygen atoms in total. The second kappa shape index (κ2) is 4.12. The van der Waals surface area contributed by atoms with Crippen LogP contribution in [0.2, 0.25) is 0 Å². The van der Waals surface area contributed by atoms with Crippen LogP contribution in [0.25, 0.3) is 0 Å². The van der Waals surface area contributed by atoms with E-state index in [4.69, 9.17) is 5.73 Å². The van der Waals surface area contributed by atoms with Gasteiger partial charge in [-0.15, -0.1) is 0 Å². The molecule has 2 rings (SSSR count). The van der Waals surface area contributed by atoms with Crippen LogP contribution in [-0.4, -0.2) is 24.7 Å². The van der Waals surface area contributed by atoms with Gasteiger partial charge in [0.15, 0.2) is 0 Å². The number of hydrogen-bond donors (Lipinski definition) is 2. The Hall–Kier alpha value is -1.76. The van der Waals surface area contributed by atoms with E-state index in [0.29, 0.717) is 12.2 Å². The maximum Gasteiger partial charge on any atom is 0.416 e. The van der Waals surface area contributed by atoms with Crippen molar-refractivity contribution in [3.8, 4) is 0 Å². The number of anilines is 1. The van der Waals surface area contributed by atoms with Crippen molar-refractivity contribution in [1.82, 2.24) is 0 Å². The quantitative estimate of drug-likeness (QED) is 0.819. The fraction of sp³-hybridized carbons (Fsp3) is 0.417. The number of alkyl halides is 3. The number of nitrogens with zero attached hydrogens (tertiary/aromatic N) is 1.